The lowest BCUT2D eigenvalue weighted by atomic mass is 9.96. The smallest absolute Gasteiger partial charge is 0.0843 e. The molecule has 2 N–H and O–H groups in total. The van der Waals surface area contributed by atoms with Crippen LogP contribution in [-0.4, -0.2) is 6.67 Å². The van der Waals surface area contributed by atoms with Gasteiger partial charge in [-0.15, -0.1) is 0 Å². The highest BCUT2D eigenvalue weighted by Crippen LogP contribution is 2.39. The van der Waals surface area contributed by atoms with E-state index in [4.69, 9.17) is 11.6 Å². The van der Waals surface area contributed by atoms with Gasteiger partial charge in [0.15, 0.2) is 0 Å². The zero-order valence-electron chi connectivity index (χ0n) is 9.09. The van der Waals surface area contributed by atoms with Crippen LogP contribution >= 0.6 is 11.6 Å². The van der Waals surface area contributed by atoms with Crippen LogP contribution < -0.4 is 10.6 Å². The van der Waals surface area contributed by atoms with Crippen LogP contribution in [0.25, 0.3) is 0 Å². The average molecular weight is 235 g/mol. The van der Waals surface area contributed by atoms with E-state index in [1.165, 1.54) is 23.2 Å². The van der Waals surface area contributed by atoms with E-state index >= 15 is 0 Å². The highest BCUT2D eigenvalue weighted by molar-refractivity contribution is 6.31. The van der Waals surface area contributed by atoms with Crippen molar-refractivity contribution in [2.75, 3.05) is 6.67 Å². The Labute approximate surface area is 101 Å². The summed E-state index contributed by atoms with van der Waals surface area (Å²) >= 11 is 6.21. The van der Waals surface area contributed by atoms with E-state index in [9.17, 15) is 0 Å². The lowest BCUT2D eigenvalue weighted by Crippen LogP contribution is -2.15. The molecule has 3 rings (SSSR count). The Morgan fingerprint density at radius 1 is 1.38 bits per heavy atom. The summed E-state index contributed by atoms with van der Waals surface area (Å²) in [6, 6.07) is 6.29. The molecule has 0 aromatic heterocycles. The van der Waals surface area contributed by atoms with Crippen LogP contribution in [-0.2, 0) is 6.42 Å². The summed E-state index contributed by atoms with van der Waals surface area (Å²) < 4.78 is 0. The average Bonchev–Trinajstić information content (AvgIpc) is 2.90. The van der Waals surface area contributed by atoms with Gasteiger partial charge in [0.1, 0.15) is 0 Å². The van der Waals surface area contributed by atoms with Crippen molar-refractivity contribution in [2.45, 2.75) is 25.2 Å². The quantitative estimate of drug-likeness (QED) is 0.822. The highest BCUT2D eigenvalue weighted by Gasteiger charge is 2.25. The second-order valence-electron chi connectivity index (χ2n) is 4.47. The van der Waals surface area contributed by atoms with Gasteiger partial charge in [0, 0.05) is 16.9 Å². The molecule has 0 radical (unpaired) electrons. The van der Waals surface area contributed by atoms with Gasteiger partial charge in [-0.05, 0) is 42.4 Å². The number of benzene rings is 1. The molecule has 1 aliphatic heterocycles. The minimum Gasteiger partial charge on any atom is -0.372 e. The van der Waals surface area contributed by atoms with Crippen molar-refractivity contribution in [3.8, 4) is 0 Å². The van der Waals surface area contributed by atoms with Crippen LogP contribution in [0, 0.1) is 0 Å². The summed E-state index contributed by atoms with van der Waals surface area (Å²) in [7, 11) is 0. The molecule has 1 atom stereocenters. The minimum absolute atomic E-state index is 0.632. The van der Waals surface area contributed by atoms with E-state index in [1.54, 1.807) is 0 Å². The fourth-order valence-corrected chi connectivity index (χ4v) is 2.97. The molecule has 1 aromatic carbocycles. The second-order valence-corrected chi connectivity index (χ2v) is 4.88. The summed E-state index contributed by atoms with van der Waals surface area (Å²) in [6.45, 7) is 0.866. The summed E-state index contributed by atoms with van der Waals surface area (Å²) in [6.07, 6.45) is 5.53. The van der Waals surface area contributed by atoms with Gasteiger partial charge < -0.3 is 10.6 Å². The third-order valence-corrected chi connectivity index (χ3v) is 3.85. The lowest BCUT2D eigenvalue weighted by molar-refractivity contribution is 0.643. The molecule has 3 heteroatoms. The minimum atomic E-state index is 0.632. The van der Waals surface area contributed by atoms with Crippen molar-refractivity contribution >= 4 is 11.6 Å². The number of rotatable bonds is 2. The normalized spacial score (nSPS) is 22.3. The Hall–Kier alpha value is -1.15. The molecule has 2 aliphatic rings. The second kappa shape index (κ2) is 4.02. The molecule has 1 heterocycles. The van der Waals surface area contributed by atoms with Gasteiger partial charge in [0.05, 0.1) is 6.67 Å². The third-order valence-electron chi connectivity index (χ3n) is 3.50. The predicted molar refractivity (Wildman–Crippen MR) is 66.4 cm³/mol. The van der Waals surface area contributed by atoms with E-state index in [1.807, 2.05) is 6.07 Å². The van der Waals surface area contributed by atoms with Crippen molar-refractivity contribution in [1.82, 2.24) is 10.6 Å². The Balaban J connectivity index is 1.83. The topological polar surface area (TPSA) is 24.1 Å². The fourth-order valence-electron chi connectivity index (χ4n) is 2.69. The first-order valence-electron chi connectivity index (χ1n) is 5.78. The predicted octanol–water partition coefficient (Wildman–Crippen LogP) is 2.75. The molecular formula is C13H15ClN2. The molecule has 0 amide bonds. The standard InChI is InChI=1S/C13H15ClN2/c14-13-3-1-2-11-9(4-5-12(11)13)6-10-7-15-8-16-10/h1-3,7,9,15-16H,4-6,8H2. The Bertz CT molecular complexity index is 440. The molecule has 0 bridgehead atoms. The van der Waals surface area contributed by atoms with Crippen LogP contribution in [0.4, 0.5) is 0 Å². The first-order valence-corrected chi connectivity index (χ1v) is 6.16. The van der Waals surface area contributed by atoms with Crippen LogP contribution in [0.5, 0.6) is 0 Å². The number of hydrogen-bond donors (Lipinski definition) is 2. The monoisotopic (exact) mass is 234 g/mol. The van der Waals surface area contributed by atoms with Gasteiger partial charge in [-0.3, -0.25) is 0 Å². The van der Waals surface area contributed by atoms with Gasteiger partial charge in [-0.25, -0.2) is 0 Å². The van der Waals surface area contributed by atoms with Crippen LogP contribution in [0.3, 0.4) is 0 Å². The molecule has 1 aliphatic carbocycles. The number of fused-ring (bicyclic) bond motifs is 1. The summed E-state index contributed by atoms with van der Waals surface area (Å²) in [4.78, 5) is 0. The summed E-state index contributed by atoms with van der Waals surface area (Å²) in [5.74, 6) is 0.632. The van der Waals surface area contributed by atoms with E-state index in [2.05, 4.69) is 29.0 Å². The molecule has 0 saturated carbocycles. The first kappa shape index (κ1) is 10.0. The zero-order chi connectivity index (χ0) is 11.0. The largest absolute Gasteiger partial charge is 0.372 e. The summed E-state index contributed by atoms with van der Waals surface area (Å²) in [5, 5.41) is 7.46. The SMILES string of the molecule is Clc1cccc2c1CCC2CC1=CNCN1. The Morgan fingerprint density at radius 3 is 3.12 bits per heavy atom. The first-order chi connectivity index (χ1) is 7.84. The third kappa shape index (κ3) is 1.67. The Morgan fingerprint density at radius 2 is 2.31 bits per heavy atom. The highest BCUT2D eigenvalue weighted by atomic mass is 35.5. The van der Waals surface area contributed by atoms with Gasteiger partial charge in [0.25, 0.3) is 0 Å². The number of nitrogens with one attached hydrogen (secondary N) is 2. The zero-order valence-corrected chi connectivity index (χ0v) is 9.85. The van der Waals surface area contributed by atoms with E-state index in [0.717, 1.165) is 24.5 Å². The molecule has 2 nitrogen and oxygen atoms in total. The maximum Gasteiger partial charge on any atom is 0.0843 e. The van der Waals surface area contributed by atoms with Crippen LogP contribution in [0.15, 0.2) is 30.1 Å². The van der Waals surface area contributed by atoms with E-state index in [-0.39, 0.29) is 0 Å². The van der Waals surface area contributed by atoms with Gasteiger partial charge in [-0.1, -0.05) is 23.7 Å². The molecular weight excluding hydrogens is 220 g/mol. The fraction of sp³-hybridized carbons (Fsp3) is 0.385. The van der Waals surface area contributed by atoms with Crippen molar-refractivity contribution in [2.24, 2.45) is 0 Å². The number of allylic oxidation sites excluding steroid dienone is 1. The van der Waals surface area contributed by atoms with Gasteiger partial charge in [0.2, 0.25) is 0 Å². The molecule has 0 saturated heterocycles. The number of halogens is 1. The van der Waals surface area contributed by atoms with Crippen molar-refractivity contribution in [3.05, 3.63) is 46.2 Å². The van der Waals surface area contributed by atoms with Crippen molar-refractivity contribution in [3.63, 3.8) is 0 Å². The maximum atomic E-state index is 6.21. The maximum absolute atomic E-state index is 6.21. The molecule has 0 fully saturated rings. The molecule has 1 unspecified atom stereocenters. The molecule has 1 aromatic rings. The lowest BCUT2D eigenvalue weighted by Gasteiger charge is -2.12. The van der Waals surface area contributed by atoms with Crippen LogP contribution in [0.2, 0.25) is 5.02 Å². The van der Waals surface area contributed by atoms with Gasteiger partial charge >= 0.3 is 0 Å². The molecule has 16 heavy (non-hydrogen) atoms. The van der Waals surface area contributed by atoms with Gasteiger partial charge in [-0.2, -0.15) is 0 Å². The van der Waals surface area contributed by atoms with E-state index in [0.29, 0.717) is 5.92 Å². The number of hydrogen-bond acceptors (Lipinski definition) is 2. The summed E-state index contributed by atoms with van der Waals surface area (Å²) in [5.41, 5.74) is 4.13. The van der Waals surface area contributed by atoms with Crippen molar-refractivity contribution in [1.29, 1.82) is 0 Å². The van der Waals surface area contributed by atoms with E-state index < -0.39 is 0 Å². The Kier molecular flexibility index (Phi) is 2.52. The molecule has 0 spiro atoms. The van der Waals surface area contributed by atoms with Crippen LogP contribution in [0.1, 0.15) is 29.9 Å². The van der Waals surface area contributed by atoms with Crippen molar-refractivity contribution < 1.29 is 0 Å². The molecule has 84 valence electrons.